The Labute approximate surface area is 241 Å². The van der Waals surface area contributed by atoms with E-state index in [0.717, 1.165) is 96.4 Å². The van der Waals surface area contributed by atoms with E-state index in [0.29, 0.717) is 0 Å². The molecule has 0 aliphatic heterocycles. The third kappa shape index (κ3) is 10.8. The Bertz CT molecular complexity index is 1320. The number of hydrogen-bond donors (Lipinski definition) is 2. The van der Waals surface area contributed by atoms with Gasteiger partial charge in [0.05, 0.1) is 17.3 Å². The van der Waals surface area contributed by atoms with Gasteiger partial charge in [-0.25, -0.2) is 0 Å². The number of hydrogen-bond acceptors (Lipinski definition) is 3. The SMILES string of the molecule is C=CN/C(=C(\C)c1ccc(=C)/c(=C\C(=C/C)C/C=C/CCCCCCC(CCC)C(=O)O)c1)c1cccc(C)n1. The lowest BCUT2D eigenvalue weighted by Gasteiger charge is -2.13. The summed E-state index contributed by atoms with van der Waals surface area (Å²) in [6.45, 7) is 16.4. The molecule has 1 aromatic heterocycles. The molecule has 0 fully saturated rings. The first-order valence-electron chi connectivity index (χ1n) is 14.7. The van der Waals surface area contributed by atoms with Crippen LogP contribution < -0.4 is 15.8 Å². The molecule has 2 rings (SSSR count). The normalized spacial score (nSPS) is 13.8. The fraction of sp³-hybridized carbons (Fsp3) is 0.389. The first-order chi connectivity index (χ1) is 19.3. The highest BCUT2D eigenvalue weighted by Gasteiger charge is 2.15. The Hall–Kier alpha value is -3.66. The minimum atomic E-state index is -0.639. The summed E-state index contributed by atoms with van der Waals surface area (Å²) < 4.78 is 0. The lowest BCUT2D eigenvalue weighted by Crippen LogP contribution is -2.23. The van der Waals surface area contributed by atoms with Gasteiger partial charge >= 0.3 is 5.97 Å². The van der Waals surface area contributed by atoms with Gasteiger partial charge in [0, 0.05) is 5.69 Å². The van der Waals surface area contributed by atoms with Crippen molar-refractivity contribution in [3.8, 4) is 0 Å². The third-order valence-electron chi connectivity index (χ3n) is 7.24. The molecule has 0 spiro atoms. The largest absolute Gasteiger partial charge is 0.481 e. The molecular formula is C36H48N2O2. The minimum Gasteiger partial charge on any atom is -0.481 e. The number of benzene rings is 1. The molecule has 0 aliphatic rings. The Morgan fingerprint density at radius 1 is 1.10 bits per heavy atom. The summed E-state index contributed by atoms with van der Waals surface area (Å²) in [7, 11) is 0. The topological polar surface area (TPSA) is 62.2 Å². The molecular weight excluding hydrogens is 492 g/mol. The molecule has 0 aliphatic carbocycles. The van der Waals surface area contributed by atoms with Crippen molar-refractivity contribution in [2.45, 2.75) is 85.5 Å². The summed E-state index contributed by atoms with van der Waals surface area (Å²) >= 11 is 0. The predicted octanol–water partition coefficient (Wildman–Crippen LogP) is 7.94. The second kappa shape index (κ2) is 17.8. The van der Waals surface area contributed by atoms with E-state index in [2.05, 4.69) is 81.7 Å². The van der Waals surface area contributed by atoms with Crippen LogP contribution in [0.15, 0.2) is 73.0 Å². The van der Waals surface area contributed by atoms with Crippen LogP contribution in [0.1, 0.15) is 95.5 Å². The Balaban J connectivity index is 2.02. The zero-order chi connectivity index (χ0) is 29.3. The van der Waals surface area contributed by atoms with Gasteiger partial charge in [-0.2, -0.15) is 0 Å². The van der Waals surface area contributed by atoms with E-state index in [9.17, 15) is 9.90 Å². The van der Waals surface area contributed by atoms with Crippen molar-refractivity contribution >= 4 is 29.9 Å². The van der Waals surface area contributed by atoms with Gasteiger partial charge in [-0.1, -0.05) is 88.3 Å². The maximum Gasteiger partial charge on any atom is 0.306 e. The highest BCUT2D eigenvalue weighted by Crippen LogP contribution is 2.22. The molecule has 1 unspecified atom stereocenters. The highest BCUT2D eigenvalue weighted by atomic mass is 16.4. The van der Waals surface area contributed by atoms with Gasteiger partial charge in [-0.05, 0) is 104 Å². The molecule has 40 heavy (non-hydrogen) atoms. The number of nitrogens with one attached hydrogen (secondary N) is 1. The predicted molar refractivity (Wildman–Crippen MR) is 172 cm³/mol. The van der Waals surface area contributed by atoms with Crippen LogP contribution >= 0.6 is 0 Å². The summed E-state index contributed by atoms with van der Waals surface area (Å²) in [5.41, 5.74) is 6.26. The van der Waals surface area contributed by atoms with Gasteiger partial charge in [0.2, 0.25) is 0 Å². The summed E-state index contributed by atoms with van der Waals surface area (Å²) in [4.78, 5) is 16.0. The number of unbranched alkanes of at least 4 members (excludes halogenated alkanes) is 4. The van der Waals surface area contributed by atoms with Crippen LogP contribution in [-0.4, -0.2) is 16.1 Å². The minimum absolute atomic E-state index is 0.170. The molecule has 2 N–H and O–H groups in total. The zero-order valence-corrected chi connectivity index (χ0v) is 25.0. The number of carboxylic acid groups (broad SMARTS) is 1. The number of allylic oxidation sites excluding steroid dienone is 5. The van der Waals surface area contributed by atoms with Gasteiger partial charge in [-0.15, -0.1) is 0 Å². The van der Waals surface area contributed by atoms with E-state index in [4.69, 9.17) is 4.98 Å². The maximum absolute atomic E-state index is 11.3. The van der Waals surface area contributed by atoms with Crippen molar-refractivity contribution in [3.63, 3.8) is 0 Å². The van der Waals surface area contributed by atoms with Crippen LogP contribution in [0.25, 0.3) is 23.9 Å². The van der Waals surface area contributed by atoms with Crippen molar-refractivity contribution in [2.75, 3.05) is 0 Å². The Morgan fingerprint density at radius 3 is 2.55 bits per heavy atom. The quantitative estimate of drug-likeness (QED) is 0.158. The lowest BCUT2D eigenvalue weighted by molar-refractivity contribution is -0.142. The molecule has 214 valence electrons. The Morgan fingerprint density at radius 2 is 1.88 bits per heavy atom. The lowest BCUT2D eigenvalue weighted by atomic mass is 9.96. The van der Waals surface area contributed by atoms with Crippen molar-refractivity contribution in [2.24, 2.45) is 5.92 Å². The van der Waals surface area contributed by atoms with E-state index < -0.39 is 5.97 Å². The summed E-state index contributed by atoms with van der Waals surface area (Å²) in [6.07, 6.45) is 19.5. The molecule has 4 nitrogen and oxygen atoms in total. The number of carboxylic acids is 1. The van der Waals surface area contributed by atoms with Crippen molar-refractivity contribution < 1.29 is 9.90 Å². The van der Waals surface area contributed by atoms with Crippen LogP contribution in [0.2, 0.25) is 0 Å². The number of aryl methyl sites for hydroxylation is 1. The fourth-order valence-corrected chi connectivity index (χ4v) is 4.81. The van der Waals surface area contributed by atoms with E-state index in [1.54, 1.807) is 6.20 Å². The number of pyridine rings is 1. The van der Waals surface area contributed by atoms with Crippen molar-refractivity contribution in [3.05, 3.63) is 100 Å². The molecule has 0 saturated carbocycles. The molecule has 1 heterocycles. The van der Waals surface area contributed by atoms with Gasteiger partial charge < -0.3 is 10.4 Å². The van der Waals surface area contributed by atoms with Crippen LogP contribution in [0.5, 0.6) is 0 Å². The van der Waals surface area contributed by atoms with Crippen molar-refractivity contribution in [1.29, 1.82) is 0 Å². The Kier molecular flexibility index (Phi) is 14.5. The monoisotopic (exact) mass is 540 g/mol. The number of rotatable bonds is 17. The molecule has 1 atom stereocenters. The number of carbonyl (C=O) groups is 1. The van der Waals surface area contributed by atoms with Gasteiger partial charge in [-0.3, -0.25) is 9.78 Å². The molecule has 1 aromatic carbocycles. The van der Waals surface area contributed by atoms with Crippen LogP contribution in [-0.2, 0) is 4.79 Å². The van der Waals surface area contributed by atoms with Gasteiger partial charge in [0.15, 0.2) is 0 Å². The molecule has 0 amide bonds. The molecule has 0 bridgehead atoms. The number of nitrogens with zero attached hydrogens (tertiary/aromatic N) is 1. The number of aromatic nitrogens is 1. The van der Waals surface area contributed by atoms with Crippen LogP contribution in [0.4, 0.5) is 0 Å². The molecule has 0 saturated heterocycles. The summed E-state index contributed by atoms with van der Waals surface area (Å²) in [6, 6.07) is 12.4. The maximum atomic E-state index is 11.3. The van der Waals surface area contributed by atoms with E-state index in [1.165, 1.54) is 5.57 Å². The van der Waals surface area contributed by atoms with E-state index in [1.807, 2.05) is 25.1 Å². The second-order valence-corrected chi connectivity index (χ2v) is 10.4. The smallest absolute Gasteiger partial charge is 0.306 e. The van der Waals surface area contributed by atoms with Gasteiger partial charge in [0.25, 0.3) is 0 Å². The average molecular weight is 541 g/mol. The first-order valence-corrected chi connectivity index (χ1v) is 14.7. The molecule has 2 aromatic rings. The second-order valence-electron chi connectivity index (χ2n) is 10.4. The standard InChI is InChI=1S/C36H48N2O2/c1-7-18-31(36(39)40)21-16-14-12-10-11-13-15-20-30(8-2)25-33-26-32(24-23-27(33)4)29(6)35(37-9-3)34-22-17-19-28(5)38-34/h8-9,13,15,17,19,22-26,31,37H,3-4,7,10-12,14,16,18,20-21H2,1-2,5-6H3,(H,39,40)/b15-13+,30-8-,33-25-,35-29+. The first kappa shape index (κ1) is 32.6. The van der Waals surface area contributed by atoms with Gasteiger partial charge in [0.1, 0.15) is 0 Å². The van der Waals surface area contributed by atoms with E-state index in [-0.39, 0.29) is 5.92 Å². The average Bonchev–Trinajstić information content (AvgIpc) is 2.94. The van der Waals surface area contributed by atoms with Crippen molar-refractivity contribution in [1.82, 2.24) is 10.3 Å². The van der Waals surface area contributed by atoms with Crippen LogP contribution in [0, 0.1) is 12.8 Å². The fourth-order valence-electron chi connectivity index (χ4n) is 4.81. The zero-order valence-electron chi connectivity index (χ0n) is 25.0. The molecule has 4 heteroatoms. The van der Waals surface area contributed by atoms with E-state index >= 15 is 0 Å². The van der Waals surface area contributed by atoms with Crippen LogP contribution in [0.3, 0.4) is 0 Å². The number of aliphatic carboxylic acids is 1. The summed E-state index contributed by atoms with van der Waals surface area (Å²) in [5.74, 6) is -0.810. The third-order valence-corrected chi connectivity index (χ3v) is 7.24. The summed E-state index contributed by atoms with van der Waals surface area (Å²) in [5, 5.41) is 14.7. The highest BCUT2D eigenvalue weighted by molar-refractivity contribution is 5.88. The molecule has 0 radical (unpaired) electrons.